The van der Waals surface area contributed by atoms with E-state index in [-0.39, 0.29) is 16.0 Å². The van der Waals surface area contributed by atoms with Gasteiger partial charge in [0.2, 0.25) is 5.82 Å². The fourth-order valence-electron chi connectivity index (χ4n) is 1.29. The molecular weight excluding hydrogens is 345 g/mol. The molecule has 10 heteroatoms. The highest BCUT2D eigenvalue weighted by Gasteiger charge is 2.32. The van der Waals surface area contributed by atoms with Crippen molar-refractivity contribution in [3.63, 3.8) is 0 Å². The van der Waals surface area contributed by atoms with Crippen LogP contribution in [0.5, 0.6) is 5.75 Å². The Labute approximate surface area is 118 Å². The van der Waals surface area contributed by atoms with Gasteiger partial charge in [0.05, 0.1) is 4.47 Å². The number of carbonyl (C=O) groups is 1. The molecule has 2 rings (SSSR count). The second kappa shape index (κ2) is 5.49. The molecule has 0 aliphatic carbocycles. The van der Waals surface area contributed by atoms with E-state index in [0.717, 1.165) is 12.4 Å². The number of ether oxygens (including phenoxy) is 1. The number of carbonyl (C=O) groups excluding carboxylic acids is 1. The number of nitrogens with one attached hydrogen (secondary N) is 2. The van der Waals surface area contributed by atoms with Crippen LogP contribution in [0.1, 0.15) is 10.6 Å². The maximum Gasteiger partial charge on any atom is 0.573 e. The van der Waals surface area contributed by atoms with Gasteiger partial charge in [0.1, 0.15) is 12.1 Å². The standard InChI is InChI=1S/C10H6BrF3N4O2/c11-6-3-5(1-2-7(6)20-10(12,13)14)17-9(19)8-15-4-16-18-8/h1-4H,(H,17,19)(H,15,16,18). The van der Waals surface area contributed by atoms with Crippen molar-refractivity contribution in [3.05, 3.63) is 34.8 Å². The van der Waals surface area contributed by atoms with Crippen LogP contribution < -0.4 is 10.1 Å². The van der Waals surface area contributed by atoms with Crippen LogP contribution in [-0.2, 0) is 0 Å². The largest absolute Gasteiger partial charge is 0.573 e. The predicted molar refractivity (Wildman–Crippen MR) is 65.2 cm³/mol. The minimum Gasteiger partial charge on any atom is -0.405 e. The minimum absolute atomic E-state index is 0.0169. The lowest BCUT2D eigenvalue weighted by molar-refractivity contribution is -0.274. The predicted octanol–water partition coefficient (Wildman–Crippen LogP) is 2.72. The molecule has 0 saturated heterocycles. The quantitative estimate of drug-likeness (QED) is 0.891. The summed E-state index contributed by atoms with van der Waals surface area (Å²) in [5, 5.41) is 8.30. The number of alkyl halides is 3. The molecule has 1 amide bonds. The average molecular weight is 351 g/mol. The molecule has 106 valence electrons. The van der Waals surface area contributed by atoms with Crippen LogP contribution in [-0.4, -0.2) is 27.5 Å². The number of aromatic amines is 1. The second-order valence-electron chi connectivity index (χ2n) is 3.48. The van der Waals surface area contributed by atoms with Gasteiger partial charge in [-0.2, -0.15) is 5.10 Å². The summed E-state index contributed by atoms with van der Waals surface area (Å²) >= 11 is 2.93. The second-order valence-corrected chi connectivity index (χ2v) is 4.34. The smallest absolute Gasteiger partial charge is 0.405 e. The lowest BCUT2D eigenvalue weighted by Gasteiger charge is -2.11. The van der Waals surface area contributed by atoms with Crippen LogP contribution in [0.4, 0.5) is 18.9 Å². The molecular formula is C10H6BrF3N4O2. The first kappa shape index (κ1) is 14.3. The lowest BCUT2D eigenvalue weighted by Crippen LogP contribution is -2.17. The Morgan fingerprint density at radius 2 is 2.15 bits per heavy atom. The molecule has 0 aliphatic rings. The van der Waals surface area contributed by atoms with Crippen LogP contribution in [0.3, 0.4) is 0 Å². The van der Waals surface area contributed by atoms with Crippen LogP contribution in [0.15, 0.2) is 29.0 Å². The van der Waals surface area contributed by atoms with Gasteiger partial charge in [-0.3, -0.25) is 9.89 Å². The normalized spacial score (nSPS) is 11.2. The van der Waals surface area contributed by atoms with Crippen LogP contribution in [0, 0.1) is 0 Å². The van der Waals surface area contributed by atoms with Crippen LogP contribution in [0.2, 0.25) is 0 Å². The first-order valence-electron chi connectivity index (χ1n) is 5.07. The summed E-state index contributed by atoms with van der Waals surface area (Å²) in [5.74, 6) is -0.995. The zero-order chi connectivity index (χ0) is 14.8. The van der Waals surface area contributed by atoms with Crippen LogP contribution in [0.25, 0.3) is 0 Å². The Morgan fingerprint density at radius 1 is 1.40 bits per heavy atom. The molecule has 0 spiro atoms. The molecule has 2 aromatic rings. The van der Waals surface area contributed by atoms with E-state index in [9.17, 15) is 18.0 Å². The third kappa shape index (κ3) is 3.70. The number of benzene rings is 1. The highest BCUT2D eigenvalue weighted by Crippen LogP contribution is 2.32. The monoisotopic (exact) mass is 350 g/mol. The van der Waals surface area contributed by atoms with Gasteiger partial charge in [-0.05, 0) is 34.1 Å². The summed E-state index contributed by atoms with van der Waals surface area (Å²) in [6.45, 7) is 0. The molecule has 1 heterocycles. The van der Waals surface area contributed by atoms with E-state index in [1.807, 2.05) is 0 Å². The zero-order valence-corrected chi connectivity index (χ0v) is 11.1. The first-order chi connectivity index (χ1) is 9.35. The SMILES string of the molecule is O=C(Nc1ccc(OC(F)(F)F)c(Br)c1)c1ncn[nH]1. The Kier molecular flexibility index (Phi) is 3.93. The van der Waals surface area contributed by atoms with Crippen molar-refractivity contribution in [1.29, 1.82) is 0 Å². The average Bonchev–Trinajstić information content (AvgIpc) is 2.85. The number of hydrogen-bond donors (Lipinski definition) is 2. The number of nitrogens with zero attached hydrogens (tertiary/aromatic N) is 2. The van der Waals surface area contributed by atoms with E-state index in [4.69, 9.17) is 0 Å². The van der Waals surface area contributed by atoms with E-state index in [1.165, 1.54) is 12.1 Å². The van der Waals surface area contributed by atoms with Gasteiger partial charge in [0.25, 0.3) is 5.91 Å². The fourth-order valence-corrected chi connectivity index (χ4v) is 1.75. The van der Waals surface area contributed by atoms with Crippen molar-refractivity contribution in [1.82, 2.24) is 15.2 Å². The number of rotatable bonds is 3. The number of halogens is 4. The van der Waals surface area contributed by atoms with Crippen molar-refractivity contribution < 1.29 is 22.7 Å². The van der Waals surface area contributed by atoms with Crippen molar-refractivity contribution in [2.45, 2.75) is 6.36 Å². The van der Waals surface area contributed by atoms with Gasteiger partial charge < -0.3 is 10.1 Å². The molecule has 1 aromatic carbocycles. The summed E-state index contributed by atoms with van der Waals surface area (Å²) in [5.41, 5.74) is 0.271. The number of hydrogen-bond acceptors (Lipinski definition) is 4. The Balaban J connectivity index is 2.11. The number of H-pyrrole nitrogens is 1. The molecule has 0 saturated carbocycles. The topological polar surface area (TPSA) is 79.9 Å². The Bertz CT molecular complexity index is 615. The summed E-state index contributed by atoms with van der Waals surface area (Å²) < 4.78 is 40.1. The van der Waals surface area contributed by atoms with Gasteiger partial charge >= 0.3 is 6.36 Å². The highest BCUT2D eigenvalue weighted by molar-refractivity contribution is 9.10. The summed E-state index contributed by atoms with van der Waals surface area (Å²) in [6.07, 6.45) is -3.63. The Morgan fingerprint density at radius 3 is 2.70 bits per heavy atom. The molecule has 6 nitrogen and oxygen atoms in total. The van der Waals surface area contributed by atoms with Gasteiger partial charge in [-0.1, -0.05) is 0 Å². The maximum absolute atomic E-state index is 12.1. The molecule has 0 atom stereocenters. The molecule has 2 N–H and O–H groups in total. The molecule has 0 fully saturated rings. The summed E-state index contributed by atoms with van der Waals surface area (Å²) in [6, 6.07) is 3.61. The Hall–Kier alpha value is -2.10. The van der Waals surface area contributed by atoms with E-state index >= 15 is 0 Å². The third-order valence-corrected chi connectivity index (χ3v) is 2.67. The van der Waals surface area contributed by atoms with Gasteiger partial charge in [-0.25, -0.2) is 4.98 Å². The number of anilines is 1. The van der Waals surface area contributed by atoms with E-state index < -0.39 is 18.0 Å². The van der Waals surface area contributed by atoms with Gasteiger partial charge in [-0.15, -0.1) is 13.2 Å². The molecule has 0 unspecified atom stereocenters. The van der Waals surface area contributed by atoms with Crippen molar-refractivity contribution >= 4 is 27.5 Å². The number of aromatic nitrogens is 3. The maximum atomic E-state index is 12.1. The summed E-state index contributed by atoms with van der Waals surface area (Å²) in [7, 11) is 0. The van der Waals surface area contributed by atoms with Crippen molar-refractivity contribution in [3.8, 4) is 5.75 Å². The lowest BCUT2D eigenvalue weighted by atomic mass is 10.3. The molecule has 1 aromatic heterocycles. The van der Waals surface area contributed by atoms with Crippen LogP contribution >= 0.6 is 15.9 Å². The molecule has 0 aliphatic heterocycles. The fraction of sp³-hybridized carbons (Fsp3) is 0.100. The zero-order valence-electron chi connectivity index (χ0n) is 9.53. The first-order valence-corrected chi connectivity index (χ1v) is 5.86. The summed E-state index contributed by atoms with van der Waals surface area (Å²) in [4.78, 5) is 15.3. The molecule has 0 radical (unpaired) electrons. The van der Waals surface area contributed by atoms with E-state index in [2.05, 4.69) is 41.2 Å². The molecule has 20 heavy (non-hydrogen) atoms. The van der Waals surface area contributed by atoms with Gasteiger partial charge in [0.15, 0.2) is 0 Å². The number of amides is 1. The van der Waals surface area contributed by atoms with E-state index in [1.54, 1.807) is 0 Å². The third-order valence-electron chi connectivity index (χ3n) is 2.05. The van der Waals surface area contributed by atoms with E-state index in [0.29, 0.717) is 0 Å². The minimum atomic E-state index is -4.78. The van der Waals surface area contributed by atoms with Crippen molar-refractivity contribution in [2.75, 3.05) is 5.32 Å². The highest BCUT2D eigenvalue weighted by atomic mass is 79.9. The van der Waals surface area contributed by atoms with Gasteiger partial charge in [0, 0.05) is 5.69 Å². The molecule has 0 bridgehead atoms. The van der Waals surface area contributed by atoms with Crippen molar-refractivity contribution in [2.24, 2.45) is 0 Å².